The minimum atomic E-state index is -3.81. The SMILES string of the molecule is COCCN(Cc1ccncc1)S(=O)(=O)c1cc(Cl)ccc1OC. The summed E-state index contributed by atoms with van der Waals surface area (Å²) in [5.41, 5.74) is 0.825. The molecule has 8 heteroatoms. The standard InChI is InChI=1S/C16H19ClN2O4S/c1-22-10-9-19(12-13-5-7-18-8-6-13)24(20,21)16-11-14(17)3-4-15(16)23-2/h3-8,11H,9-10,12H2,1-2H3. The van der Waals surface area contributed by atoms with Crippen molar-refractivity contribution in [3.63, 3.8) is 0 Å². The van der Waals surface area contributed by atoms with E-state index in [1.54, 1.807) is 30.6 Å². The van der Waals surface area contributed by atoms with Crippen LogP contribution in [0, 0.1) is 0 Å². The zero-order chi connectivity index (χ0) is 17.6. The molecule has 0 spiro atoms. The monoisotopic (exact) mass is 370 g/mol. The molecule has 2 rings (SSSR count). The van der Waals surface area contributed by atoms with Crippen molar-refractivity contribution in [2.24, 2.45) is 0 Å². The second kappa shape index (κ2) is 8.43. The van der Waals surface area contributed by atoms with E-state index in [1.807, 2.05) is 0 Å². The van der Waals surface area contributed by atoms with Crippen molar-refractivity contribution in [2.75, 3.05) is 27.4 Å². The second-order valence-corrected chi connectivity index (χ2v) is 7.32. The highest BCUT2D eigenvalue weighted by atomic mass is 35.5. The lowest BCUT2D eigenvalue weighted by Crippen LogP contribution is -2.33. The first kappa shape index (κ1) is 18.7. The maximum atomic E-state index is 13.1. The van der Waals surface area contributed by atoms with Gasteiger partial charge in [-0.1, -0.05) is 11.6 Å². The largest absolute Gasteiger partial charge is 0.495 e. The molecule has 0 radical (unpaired) electrons. The molecule has 0 saturated carbocycles. The summed E-state index contributed by atoms with van der Waals surface area (Å²) in [6.07, 6.45) is 3.24. The lowest BCUT2D eigenvalue weighted by molar-refractivity contribution is 0.177. The summed E-state index contributed by atoms with van der Waals surface area (Å²) in [5.74, 6) is 0.247. The summed E-state index contributed by atoms with van der Waals surface area (Å²) < 4.78 is 37.7. The highest BCUT2D eigenvalue weighted by Crippen LogP contribution is 2.30. The Kier molecular flexibility index (Phi) is 6.56. The zero-order valence-corrected chi connectivity index (χ0v) is 15.0. The molecule has 0 aliphatic rings. The maximum Gasteiger partial charge on any atom is 0.247 e. The van der Waals surface area contributed by atoms with Gasteiger partial charge in [0, 0.05) is 37.6 Å². The Hall–Kier alpha value is -1.67. The van der Waals surface area contributed by atoms with E-state index in [9.17, 15) is 8.42 Å². The number of aromatic nitrogens is 1. The molecule has 0 amide bonds. The van der Waals surface area contributed by atoms with E-state index in [1.165, 1.54) is 30.7 Å². The molecule has 24 heavy (non-hydrogen) atoms. The van der Waals surface area contributed by atoms with Gasteiger partial charge in [-0.15, -0.1) is 0 Å². The van der Waals surface area contributed by atoms with Gasteiger partial charge in [-0.3, -0.25) is 4.98 Å². The molecule has 0 unspecified atom stereocenters. The molecule has 1 aromatic heterocycles. The van der Waals surface area contributed by atoms with Gasteiger partial charge in [0.15, 0.2) is 0 Å². The van der Waals surface area contributed by atoms with Crippen LogP contribution in [-0.4, -0.2) is 45.1 Å². The molecule has 0 bridgehead atoms. The minimum Gasteiger partial charge on any atom is -0.495 e. The Morgan fingerprint density at radius 3 is 2.50 bits per heavy atom. The van der Waals surface area contributed by atoms with Crippen LogP contribution in [0.1, 0.15) is 5.56 Å². The number of nitrogens with zero attached hydrogens (tertiary/aromatic N) is 2. The molecule has 0 atom stereocenters. The third-order valence-corrected chi connectivity index (χ3v) is 5.50. The number of hydrogen-bond acceptors (Lipinski definition) is 5. The van der Waals surface area contributed by atoms with Crippen LogP contribution in [0.25, 0.3) is 0 Å². The Bertz CT molecular complexity index is 769. The van der Waals surface area contributed by atoms with Gasteiger partial charge in [0.2, 0.25) is 10.0 Å². The van der Waals surface area contributed by atoms with Crippen LogP contribution in [0.15, 0.2) is 47.6 Å². The molecule has 0 aliphatic heterocycles. The summed E-state index contributed by atoms with van der Waals surface area (Å²) >= 11 is 5.98. The van der Waals surface area contributed by atoms with Crippen molar-refractivity contribution in [3.05, 3.63) is 53.3 Å². The quantitative estimate of drug-likeness (QED) is 0.714. The van der Waals surface area contributed by atoms with Crippen LogP contribution >= 0.6 is 11.6 Å². The van der Waals surface area contributed by atoms with E-state index in [0.717, 1.165) is 5.56 Å². The number of pyridine rings is 1. The summed E-state index contributed by atoms with van der Waals surface area (Å²) in [4.78, 5) is 3.97. The summed E-state index contributed by atoms with van der Waals surface area (Å²) in [7, 11) is -0.867. The summed E-state index contributed by atoms with van der Waals surface area (Å²) in [6, 6.07) is 8.05. The van der Waals surface area contributed by atoms with Crippen molar-refractivity contribution in [3.8, 4) is 5.75 Å². The first-order valence-electron chi connectivity index (χ1n) is 7.20. The highest BCUT2D eigenvalue weighted by molar-refractivity contribution is 7.89. The molecule has 1 heterocycles. The topological polar surface area (TPSA) is 68.7 Å². The molecular weight excluding hydrogens is 352 g/mol. The molecule has 2 aromatic rings. The van der Waals surface area contributed by atoms with E-state index < -0.39 is 10.0 Å². The van der Waals surface area contributed by atoms with Crippen molar-refractivity contribution in [1.82, 2.24) is 9.29 Å². The number of methoxy groups -OCH3 is 2. The number of benzene rings is 1. The Balaban J connectivity index is 2.41. The highest BCUT2D eigenvalue weighted by Gasteiger charge is 2.28. The van der Waals surface area contributed by atoms with Crippen LogP contribution in [0.5, 0.6) is 5.75 Å². The number of hydrogen-bond donors (Lipinski definition) is 0. The van der Waals surface area contributed by atoms with Crippen LogP contribution in [0.4, 0.5) is 0 Å². The molecule has 0 N–H and O–H groups in total. The Morgan fingerprint density at radius 1 is 1.17 bits per heavy atom. The lowest BCUT2D eigenvalue weighted by atomic mass is 10.3. The van der Waals surface area contributed by atoms with E-state index in [4.69, 9.17) is 21.1 Å². The average Bonchev–Trinajstić information content (AvgIpc) is 2.59. The van der Waals surface area contributed by atoms with Crippen LogP contribution in [-0.2, 0) is 21.3 Å². The lowest BCUT2D eigenvalue weighted by Gasteiger charge is -2.23. The predicted molar refractivity (Wildman–Crippen MR) is 91.7 cm³/mol. The average molecular weight is 371 g/mol. The maximum absolute atomic E-state index is 13.1. The van der Waals surface area contributed by atoms with Gasteiger partial charge < -0.3 is 9.47 Å². The molecule has 0 saturated heterocycles. The van der Waals surface area contributed by atoms with E-state index >= 15 is 0 Å². The number of sulfonamides is 1. The third-order valence-electron chi connectivity index (χ3n) is 3.40. The van der Waals surface area contributed by atoms with Gasteiger partial charge in [-0.2, -0.15) is 4.31 Å². The van der Waals surface area contributed by atoms with E-state index in [2.05, 4.69) is 4.98 Å². The first-order valence-corrected chi connectivity index (χ1v) is 9.02. The number of halogens is 1. The smallest absolute Gasteiger partial charge is 0.247 e. The van der Waals surface area contributed by atoms with Crippen LogP contribution in [0.2, 0.25) is 5.02 Å². The zero-order valence-electron chi connectivity index (χ0n) is 13.5. The summed E-state index contributed by atoms with van der Waals surface area (Å²) in [6.45, 7) is 0.675. The molecule has 1 aromatic carbocycles. The molecule has 130 valence electrons. The van der Waals surface area contributed by atoms with Gasteiger partial charge in [-0.05, 0) is 35.9 Å². The van der Waals surface area contributed by atoms with Crippen molar-refractivity contribution < 1.29 is 17.9 Å². The Morgan fingerprint density at radius 2 is 1.88 bits per heavy atom. The normalized spacial score (nSPS) is 11.7. The van der Waals surface area contributed by atoms with Crippen molar-refractivity contribution >= 4 is 21.6 Å². The molecule has 6 nitrogen and oxygen atoms in total. The predicted octanol–water partition coefficient (Wildman–Crippen LogP) is 2.58. The number of rotatable bonds is 8. The van der Waals surface area contributed by atoms with Gasteiger partial charge in [0.05, 0.1) is 13.7 Å². The van der Waals surface area contributed by atoms with Gasteiger partial charge in [0.25, 0.3) is 0 Å². The fraction of sp³-hybridized carbons (Fsp3) is 0.312. The molecular formula is C16H19ClN2O4S. The van der Waals surface area contributed by atoms with Gasteiger partial charge in [-0.25, -0.2) is 8.42 Å². The number of ether oxygens (including phenoxy) is 2. The fourth-order valence-electron chi connectivity index (χ4n) is 2.16. The van der Waals surface area contributed by atoms with Crippen molar-refractivity contribution in [2.45, 2.75) is 11.4 Å². The molecule has 0 fully saturated rings. The first-order chi connectivity index (χ1) is 11.5. The van der Waals surface area contributed by atoms with E-state index in [0.29, 0.717) is 5.02 Å². The minimum absolute atomic E-state index is 0.0302. The fourth-order valence-corrected chi connectivity index (χ4v) is 3.99. The molecule has 0 aliphatic carbocycles. The van der Waals surface area contributed by atoms with E-state index in [-0.39, 0.29) is 30.3 Å². The third kappa shape index (κ3) is 4.45. The van der Waals surface area contributed by atoms with Gasteiger partial charge in [0.1, 0.15) is 10.6 Å². The van der Waals surface area contributed by atoms with Crippen LogP contribution < -0.4 is 4.74 Å². The Labute approximate surface area is 147 Å². The second-order valence-electron chi connectivity index (χ2n) is 4.98. The van der Waals surface area contributed by atoms with Crippen LogP contribution in [0.3, 0.4) is 0 Å². The summed E-state index contributed by atoms with van der Waals surface area (Å²) in [5, 5.41) is 0.324. The van der Waals surface area contributed by atoms with Gasteiger partial charge >= 0.3 is 0 Å². The van der Waals surface area contributed by atoms with Crippen molar-refractivity contribution in [1.29, 1.82) is 0 Å².